The lowest BCUT2D eigenvalue weighted by atomic mass is 10.2. The van der Waals surface area contributed by atoms with Crippen molar-refractivity contribution in [3.8, 4) is 0 Å². The molecule has 0 bridgehead atoms. The number of nitrogens with zero attached hydrogens (tertiary/aromatic N) is 3. The summed E-state index contributed by atoms with van der Waals surface area (Å²) < 4.78 is 0. The molecule has 0 aromatic rings. The summed E-state index contributed by atoms with van der Waals surface area (Å²) in [5.41, 5.74) is 0. The standard InChI is InChI=1S/C8H15N3O/c1-10(2)6-5-7(12)9-8(6)11(3)4/h6H,5H2,1-4H3. The highest BCUT2D eigenvalue weighted by Gasteiger charge is 2.29. The maximum absolute atomic E-state index is 11.0. The number of hydrogen-bond donors (Lipinski definition) is 0. The Hall–Kier alpha value is -0.900. The van der Waals surface area contributed by atoms with Crippen molar-refractivity contribution in [2.75, 3.05) is 28.2 Å². The van der Waals surface area contributed by atoms with Crippen molar-refractivity contribution in [1.29, 1.82) is 0 Å². The fraction of sp³-hybridized carbons (Fsp3) is 0.750. The molecule has 1 rings (SSSR count). The van der Waals surface area contributed by atoms with Crippen LogP contribution in [0.2, 0.25) is 0 Å². The Balaban J connectivity index is 2.80. The van der Waals surface area contributed by atoms with E-state index in [-0.39, 0.29) is 11.9 Å². The van der Waals surface area contributed by atoms with Crippen LogP contribution in [0.25, 0.3) is 0 Å². The van der Waals surface area contributed by atoms with Crippen molar-refractivity contribution in [1.82, 2.24) is 9.80 Å². The van der Waals surface area contributed by atoms with Crippen molar-refractivity contribution in [3.05, 3.63) is 0 Å². The highest BCUT2D eigenvalue weighted by molar-refractivity contribution is 6.04. The lowest BCUT2D eigenvalue weighted by molar-refractivity contribution is -0.117. The first kappa shape index (κ1) is 9.19. The average molecular weight is 169 g/mol. The normalized spacial score (nSPS) is 23.2. The van der Waals surface area contributed by atoms with Crippen LogP contribution in [0.3, 0.4) is 0 Å². The van der Waals surface area contributed by atoms with E-state index in [9.17, 15) is 4.79 Å². The number of likely N-dealkylation sites (N-methyl/N-ethyl adjacent to an activating group) is 2. The van der Waals surface area contributed by atoms with E-state index >= 15 is 0 Å². The summed E-state index contributed by atoms with van der Waals surface area (Å²) in [6.07, 6.45) is 0.514. The first-order valence-electron chi connectivity index (χ1n) is 3.97. The van der Waals surface area contributed by atoms with Crippen LogP contribution in [0.5, 0.6) is 0 Å². The van der Waals surface area contributed by atoms with E-state index in [2.05, 4.69) is 4.99 Å². The Morgan fingerprint density at radius 3 is 2.25 bits per heavy atom. The topological polar surface area (TPSA) is 35.9 Å². The lowest BCUT2D eigenvalue weighted by Gasteiger charge is -2.24. The average Bonchev–Trinajstić information content (AvgIpc) is 2.31. The molecule has 4 nitrogen and oxygen atoms in total. The smallest absolute Gasteiger partial charge is 0.249 e. The lowest BCUT2D eigenvalue weighted by Crippen LogP contribution is -2.40. The molecule has 0 fully saturated rings. The van der Waals surface area contributed by atoms with Crippen molar-refractivity contribution >= 4 is 11.7 Å². The van der Waals surface area contributed by atoms with Crippen LogP contribution in [0.4, 0.5) is 0 Å². The summed E-state index contributed by atoms with van der Waals surface area (Å²) in [7, 11) is 7.74. The molecule has 0 N–H and O–H groups in total. The Labute approximate surface area is 72.9 Å². The number of carbonyl (C=O) groups is 1. The number of amides is 1. The van der Waals surface area contributed by atoms with Gasteiger partial charge in [-0.1, -0.05) is 0 Å². The molecular weight excluding hydrogens is 154 g/mol. The summed E-state index contributed by atoms with van der Waals surface area (Å²) in [5, 5.41) is 0. The van der Waals surface area contributed by atoms with E-state index in [1.165, 1.54) is 0 Å². The molecule has 0 aromatic heterocycles. The van der Waals surface area contributed by atoms with E-state index < -0.39 is 0 Å². The molecule has 1 amide bonds. The molecule has 1 aliphatic heterocycles. The van der Waals surface area contributed by atoms with Crippen LogP contribution in [0, 0.1) is 0 Å². The molecular formula is C8H15N3O. The maximum Gasteiger partial charge on any atom is 0.249 e. The minimum absolute atomic E-state index is 0.0163. The SMILES string of the molecule is CN(C)C1=NC(=O)CC1N(C)C. The molecule has 0 aromatic carbocycles. The quantitative estimate of drug-likeness (QED) is 0.545. The second-order valence-corrected chi connectivity index (χ2v) is 3.44. The van der Waals surface area contributed by atoms with Gasteiger partial charge in [-0.05, 0) is 14.1 Å². The third-order valence-corrected chi connectivity index (χ3v) is 1.99. The Morgan fingerprint density at radius 1 is 1.33 bits per heavy atom. The van der Waals surface area contributed by atoms with Crippen LogP contribution < -0.4 is 0 Å². The van der Waals surface area contributed by atoms with Gasteiger partial charge in [0.05, 0.1) is 12.5 Å². The minimum Gasteiger partial charge on any atom is -0.365 e. The molecule has 4 heteroatoms. The van der Waals surface area contributed by atoms with Gasteiger partial charge < -0.3 is 4.90 Å². The van der Waals surface area contributed by atoms with Gasteiger partial charge in [-0.2, -0.15) is 4.99 Å². The van der Waals surface area contributed by atoms with E-state index in [1.807, 2.05) is 38.0 Å². The largest absolute Gasteiger partial charge is 0.365 e. The summed E-state index contributed by atoms with van der Waals surface area (Å²) in [4.78, 5) is 18.9. The Bertz CT molecular complexity index is 220. The predicted molar refractivity (Wildman–Crippen MR) is 48.2 cm³/mol. The van der Waals surface area contributed by atoms with Gasteiger partial charge in [0.2, 0.25) is 5.91 Å². The van der Waals surface area contributed by atoms with Gasteiger partial charge in [-0.15, -0.1) is 0 Å². The second kappa shape index (κ2) is 3.23. The summed E-state index contributed by atoms with van der Waals surface area (Å²) in [6.45, 7) is 0. The number of rotatable bonds is 1. The molecule has 1 atom stereocenters. The van der Waals surface area contributed by atoms with E-state index in [0.717, 1.165) is 5.84 Å². The van der Waals surface area contributed by atoms with E-state index in [1.54, 1.807) is 0 Å². The third kappa shape index (κ3) is 1.64. The number of hydrogen-bond acceptors (Lipinski definition) is 3. The van der Waals surface area contributed by atoms with Gasteiger partial charge in [0.1, 0.15) is 5.84 Å². The highest BCUT2D eigenvalue weighted by Crippen LogP contribution is 2.13. The third-order valence-electron chi connectivity index (χ3n) is 1.99. The molecule has 0 saturated heterocycles. The zero-order chi connectivity index (χ0) is 9.30. The molecule has 1 unspecified atom stereocenters. The van der Waals surface area contributed by atoms with Crippen LogP contribution in [-0.4, -0.2) is 55.8 Å². The molecule has 0 saturated carbocycles. The van der Waals surface area contributed by atoms with Gasteiger partial charge in [0, 0.05) is 14.1 Å². The molecule has 0 aliphatic carbocycles. The molecule has 1 aliphatic rings. The first-order chi connectivity index (χ1) is 5.52. The zero-order valence-corrected chi connectivity index (χ0v) is 8.03. The fourth-order valence-electron chi connectivity index (χ4n) is 1.32. The predicted octanol–water partition coefficient (Wildman–Crippen LogP) is -0.193. The summed E-state index contributed by atoms with van der Waals surface area (Å²) in [6, 6.07) is 0.160. The Kier molecular flexibility index (Phi) is 2.47. The van der Waals surface area contributed by atoms with Crippen molar-refractivity contribution in [3.63, 3.8) is 0 Å². The Morgan fingerprint density at radius 2 is 1.92 bits per heavy atom. The second-order valence-electron chi connectivity index (χ2n) is 3.44. The van der Waals surface area contributed by atoms with Gasteiger partial charge >= 0.3 is 0 Å². The number of carbonyl (C=O) groups excluding carboxylic acids is 1. The fourth-order valence-corrected chi connectivity index (χ4v) is 1.32. The number of aliphatic imine (C=N–C) groups is 1. The van der Waals surface area contributed by atoms with Crippen LogP contribution in [0.1, 0.15) is 6.42 Å². The minimum atomic E-state index is -0.0163. The van der Waals surface area contributed by atoms with Crippen LogP contribution in [-0.2, 0) is 4.79 Å². The van der Waals surface area contributed by atoms with Gasteiger partial charge in [-0.25, -0.2) is 0 Å². The highest BCUT2D eigenvalue weighted by atomic mass is 16.1. The van der Waals surface area contributed by atoms with Crippen molar-refractivity contribution in [2.24, 2.45) is 4.99 Å². The van der Waals surface area contributed by atoms with Crippen LogP contribution >= 0.6 is 0 Å². The molecule has 68 valence electrons. The number of amidine groups is 1. The van der Waals surface area contributed by atoms with Crippen molar-refractivity contribution < 1.29 is 4.79 Å². The molecule has 0 radical (unpaired) electrons. The first-order valence-corrected chi connectivity index (χ1v) is 3.97. The summed E-state index contributed by atoms with van der Waals surface area (Å²) in [5.74, 6) is 0.849. The molecule has 0 spiro atoms. The molecule has 1 heterocycles. The maximum atomic E-state index is 11.0. The summed E-state index contributed by atoms with van der Waals surface area (Å²) >= 11 is 0. The van der Waals surface area contributed by atoms with Crippen molar-refractivity contribution in [2.45, 2.75) is 12.5 Å². The van der Waals surface area contributed by atoms with Gasteiger partial charge in [0.15, 0.2) is 0 Å². The van der Waals surface area contributed by atoms with Crippen LogP contribution in [0.15, 0.2) is 4.99 Å². The van der Waals surface area contributed by atoms with Gasteiger partial charge in [-0.3, -0.25) is 9.69 Å². The van der Waals surface area contributed by atoms with Gasteiger partial charge in [0.25, 0.3) is 0 Å². The zero-order valence-electron chi connectivity index (χ0n) is 8.03. The van der Waals surface area contributed by atoms with E-state index in [0.29, 0.717) is 6.42 Å². The van der Waals surface area contributed by atoms with E-state index in [4.69, 9.17) is 0 Å². The monoisotopic (exact) mass is 169 g/mol. The molecule has 12 heavy (non-hydrogen) atoms.